The van der Waals surface area contributed by atoms with Crippen molar-refractivity contribution in [1.29, 1.82) is 0 Å². The van der Waals surface area contributed by atoms with Crippen molar-refractivity contribution in [3.05, 3.63) is 59.2 Å². The van der Waals surface area contributed by atoms with Crippen molar-refractivity contribution in [1.82, 2.24) is 0 Å². The van der Waals surface area contributed by atoms with Gasteiger partial charge in [-0.25, -0.2) is 4.79 Å². The molecule has 0 saturated carbocycles. The SMILES string of the molecule is COC(=O)c1cc(C=Cc2ccc(S(=O)(=O)O)cc2)ccc1O.[H-].[K+]. The van der Waals surface area contributed by atoms with E-state index in [1.54, 1.807) is 18.2 Å². The first-order valence-corrected chi connectivity index (χ1v) is 7.92. The Morgan fingerprint density at radius 1 is 1.08 bits per heavy atom. The Morgan fingerprint density at radius 3 is 2.17 bits per heavy atom. The van der Waals surface area contributed by atoms with Gasteiger partial charge < -0.3 is 11.3 Å². The van der Waals surface area contributed by atoms with Gasteiger partial charge in [0.1, 0.15) is 11.3 Å². The standard InChI is InChI=1S/C16H14O6S.K.H/c1-22-16(18)14-10-12(6-9-15(14)17)3-2-11-4-7-13(8-5-11)23(19,20)21;;/h2-10,17H,1H3,(H,19,20,21);;/q;+1;-1. The van der Waals surface area contributed by atoms with Gasteiger partial charge in [0.2, 0.25) is 0 Å². The maximum atomic E-state index is 11.5. The Morgan fingerprint density at radius 2 is 1.62 bits per heavy atom. The normalized spacial score (nSPS) is 11.1. The van der Waals surface area contributed by atoms with Crippen molar-refractivity contribution in [3.63, 3.8) is 0 Å². The first-order chi connectivity index (χ1) is 10.8. The van der Waals surface area contributed by atoms with Crippen LogP contribution in [0.4, 0.5) is 0 Å². The number of carbonyl (C=O) groups excluding carboxylic acids is 1. The van der Waals surface area contributed by atoms with Crippen molar-refractivity contribution in [3.8, 4) is 5.75 Å². The minimum Gasteiger partial charge on any atom is -1.00 e. The summed E-state index contributed by atoms with van der Waals surface area (Å²) in [7, 11) is -2.99. The number of carbonyl (C=O) groups is 1. The molecule has 8 heteroatoms. The fraction of sp³-hybridized carbons (Fsp3) is 0.0625. The van der Waals surface area contributed by atoms with Gasteiger partial charge in [-0.3, -0.25) is 4.55 Å². The third-order valence-electron chi connectivity index (χ3n) is 3.07. The molecule has 2 aromatic carbocycles. The van der Waals surface area contributed by atoms with E-state index in [1.165, 1.54) is 43.5 Å². The van der Waals surface area contributed by atoms with Crippen molar-refractivity contribution in [2.24, 2.45) is 0 Å². The second-order valence-electron chi connectivity index (χ2n) is 4.65. The molecular formula is C16H15KO6S. The molecule has 0 radical (unpaired) electrons. The summed E-state index contributed by atoms with van der Waals surface area (Å²) in [6, 6.07) is 10.1. The summed E-state index contributed by atoms with van der Waals surface area (Å²) in [5.41, 5.74) is 1.41. The third-order valence-corrected chi connectivity index (χ3v) is 3.94. The summed E-state index contributed by atoms with van der Waals surface area (Å²) in [5, 5.41) is 9.62. The van der Waals surface area contributed by atoms with E-state index in [1.807, 2.05) is 0 Å². The molecular weight excluding hydrogens is 359 g/mol. The van der Waals surface area contributed by atoms with Gasteiger partial charge >= 0.3 is 57.4 Å². The Labute approximate surface area is 183 Å². The van der Waals surface area contributed by atoms with E-state index in [4.69, 9.17) is 4.55 Å². The van der Waals surface area contributed by atoms with Crippen molar-refractivity contribution < 1.29 is 80.4 Å². The second-order valence-corrected chi connectivity index (χ2v) is 6.07. The van der Waals surface area contributed by atoms with Crippen LogP contribution in [-0.2, 0) is 14.9 Å². The molecule has 0 bridgehead atoms. The summed E-state index contributed by atoms with van der Waals surface area (Å²) in [5.74, 6) is -0.818. The van der Waals surface area contributed by atoms with E-state index in [9.17, 15) is 18.3 Å². The largest absolute Gasteiger partial charge is 1.00 e. The zero-order chi connectivity index (χ0) is 17.0. The monoisotopic (exact) mass is 374 g/mol. The molecule has 0 amide bonds. The van der Waals surface area contributed by atoms with Gasteiger partial charge in [-0.2, -0.15) is 8.42 Å². The summed E-state index contributed by atoms with van der Waals surface area (Å²) < 4.78 is 35.4. The van der Waals surface area contributed by atoms with Crippen LogP contribution in [0.5, 0.6) is 5.75 Å². The molecule has 0 heterocycles. The molecule has 6 nitrogen and oxygen atoms in total. The summed E-state index contributed by atoms with van der Waals surface area (Å²) in [6.07, 6.45) is 3.38. The van der Waals surface area contributed by atoms with Crippen LogP contribution < -0.4 is 51.4 Å². The number of aromatic hydroxyl groups is 1. The molecule has 2 N–H and O–H groups in total. The van der Waals surface area contributed by atoms with Crippen LogP contribution in [0.1, 0.15) is 22.9 Å². The predicted molar refractivity (Wildman–Crippen MR) is 85.7 cm³/mol. The number of benzene rings is 2. The molecule has 0 atom stereocenters. The van der Waals surface area contributed by atoms with Gasteiger partial charge in [0.25, 0.3) is 10.1 Å². The Bertz CT molecular complexity index is 863. The quantitative estimate of drug-likeness (QED) is 0.330. The molecule has 0 aliphatic rings. The number of methoxy groups -OCH3 is 1. The summed E-state index contributed by atoms with van der Waals surface area (Å²) in [4.78, 5) is 11.3. The Hall–Kier alpha value is -1.00. The minimum absolute atomic E-state index is 0. The van der Waals surface area contributed by atoms with E-state index in [2.05, 4.69) is 4.74 Å². The average molecular weight is 374 g/mol. The molecule has 2 aromatic rings. The molecule has 0 aromatic heterocycles. The first-order valence-electron chi connectivity index (χ1n) is 6.48. The zero-order valence-electron chi connectivity index (χ0n) is 14.1. The van der Waals surface area contributed by atoms with Crippen LogP contribution in [0.15, 0.2) is 47.4 Å². The van der Waals surface area contributed by atoms with E-state index in [0.29, 0.717) is 11.1 Å². The number of hydrogen-bond donors (Lipinski definition) is 2. The molecule has 0 fully saturated rings. The van der Waals surface area contributed by atoms with Gasteiger partial charge in [0.15, 0.2) is 0 Å². The fourth-order valence-electron chi connectivity index (χ4n) is 1.87. The molecule has 0 aliphatic heterocycles. The molecule has 122 valence electrons. The first kappa shape index (κ1) is 21.0. The number of phenols is 1. The van der Waals surface area contributed by atoms with Crippen LogP contribution in [0.25, 0.3) is 12.2 Å². The minimum atomic E-state index is -4.21. The number of phenolic OH excluding ortho intramolecular Hbond substituents is 1. The van der Waals surface area contributed by atoms with Crippen LogP contribution in [0.2, 0.25) is 0 Å². The Balaban J connectivity index is 0.00000288. The van der Waals surface area contributed by atoms with Crippen LogP contribution >= 0.6 is 0 Å². The topological polar surface area (TPSA) is 101 Å². The number of rotatable bonds is 4. The average Bonchev–Trinajstić information content (AvgIpc) is 2.53. The van der Waals surface area contributed by atoms with E-state index >= 15 is 0 Å². The van der Waals surface area contributed by atoms with Crippen molar-refractivity contribution >= 4 is 28.2 Å². The van der Waals surface area contributed by atoms with Crippen LogP contribution in [0.3, 0.4) is 0 Å². The van der Waals surface area contributed by atoms with Gasteiger partial charge in [0, 0.05) is 0 Å². The fourth-order valence-corrected chi connectivity index (χ4v) is 2.35. The molecule has 0 aliphatic carbocycles. The molecule has 0 spiro atoms. The number of esters is 1. The molecule has 2 rings (SSSR count). The summed E-state index contributed by atoms with van der Waals surface area (Å²) in [6.45, 7) is 0. The maximum absolute atomic E-state index is 11.5. The zero-order valence-corrected chi connectivity index (χ0v) is 17.1. The number of ether oxygens (including phenoxy) is 1. The van der Waals surface area contributed by atoms with E-state index < -0.39 is 16.1 Å². The van der Waals surface area contributed by atoms with Gasteiger partial charge in [-0.1, -0.05) is 30.4 Å². The molecule has 24 heavy (non-hydrogen) atoms. The molecule has 0 unspecified atom stereocenters. The number of hydrogen-bond acceptors (Lipinski definition) is 5. The van der Waals surface area contributed by atoms with Crippen molar-refractivity contribution in [2.75, 3.05) is 7.11 Å². The molecule has 0 saturated heterocycles. The van der Waals surface area contributed by atoms with Gasteiger partial charge in [-0.05, 0) is 35.4 Å². The maximum Gasteiger partial charge on any atom is 1.00 e. The third kappa shape index (κ3) is 5.52. The smallest absolute Gasteiger partial charge is 1.00 e. The predicted octanol–water partition coefficient (Wildman–Crippen LogP) is -0.288. The van der Waals surface area contributed by atoms with Crippen LogP contribution in [0, 0.1) is 0 Å². The Kier molecular flexibility index (Phi) is 7.81. The van der Waals surface area contributed by atoms with E-state index in [0.717, 1.165) is 0 Å². The summed E-state index contributed by atoms with van der Waals surface area (Å²) >= 11 is 0. The van der Waals surface area contributed by atoms with E-state index in [-0.39, 0.29) is 69.0 Å². The van der Waals surface area contributed by atoms with Gasteiger partial charge in [-0.15, -0.1) is 0 Å². The second kappa shape index (κ2) is 8.91. The van der Waals surface area contributed by atoms with Crippen molar-refractivity contribution in [2.45, 2.75) is 4.90 Å². The van der Waals surface area contributed by atoms with Gasteiger partial charge in [0.05, 0.1) is 12.0 Å². The van der Waals surface area contributed by atoms with Crippen LogP contribution in [-0.4, -0.2) is 31.2 Å².